The van der Waals surface area contributed by atoms with Gasteiger partial charge in [0, 0.05) is 85.4 Å². The van der Waals surface area contributed by atoms with Gasteiger partial charge in [0.15, 0.2) is 5.78 Å². The zero-order chi connectivity index (χ0) is 56.8. The maximum Gasteiger partial charge on any atom is 0.344 e. The van der Waals surface area contributed by atoms with E-state index in [0.29, 0.717) is 69.8 Å². The Kier molecular flexibility index (Phi) is 27.4. The molecular weight excluding hydrogens is 1270 g/mol. The normalized spacial score (nSPS) is 14.5. The SMILES string of the molecule is C.CCOP(=O)(CC#N)OCC.N#C/C=C1\c2ccccc2COc2ccccc21.N#CCC1c2ccccc2COc2ccccc21.NCCC1c2ccccc2COc2ccccc21.O=C1c2ccccc2COc2ccccc21.[AlH2].[Hg]. The van der Waals surface area contributed by atoms with Gasteiger partial charge in [-0.25, -0.2) is 0 Å². The zero-order valence-electron chi connectivity index (χ0n) is 47.1. The van der Waals surface area contributed by atoms with Crippen molar-refractivity contribution in [3.63, 3.8) is 0 Å². The number of hydrogen-bond acceptors (Lipinski definition) is 12. The largest absolute Gasteiger partial charge is 0.489 e. The van der Waals surface area contributed by atoms with Crippen molar-refractivity contribution in [2.24, 2.45) is 5.73 Å². The quantitative estimate of drug-likeness (QED) is 0.0863. The van der Waals surface area contributed by atoms with Crippen molar-refractivity contribution in [2.45, 2.75) is 72.4 Å². The maximum absolute atomic E-state index is 12.2. The van der Waals surface area contributed by atoms with Crippen molar-refractivity contribution in [3.05, 3.63) is 267 Å². The second-order valence-electron chi connectivity index (χ2n) is 18.8. The number of carbonyl (C=O) groups is 1. The summed E-state index contributed by atoms with van der Waals surface area (Å²) in [4.78, 5) is 12.2. The molecule has 4 aliphatic heterocycles. The first-order chi connectivity index (χ1) is 39.7. The molecule has 2 N–H and O–H groups in total. The monoisotopic (exact) mass is 1340 g/mol. The molecule has 12 nitrogen and oxygen atoms in total. The summed E-state index contributed by atoms with van der Waals surface area (Å²) in [5, 5.41) is 26.3. The molecule has 8 aromatic rings. The van der Waals surface area contributed by atoms with Gasteiger partial charge in [-0.2, -0.15) is 15.8 Å². The van der Waals surface area contributed by atoms with Crippen molar-refractivity contribution < 1.29 is 65.0 Å². The first kappa shape index (κ1) is 67.2. The number of fused-ring (bicyclic) bond motifs is 8. The predicted molar refractivity (Wildman–Crippen MR) is 329 cm³/mol. The van der Waals surface area contributed by atoms with E-state index in [9.17, 15) is 9.36 Å². The van der Waals surface area contributed by atoms with E-state index in [1.165, 1.54) is 27.8 Å². The Labute approximate surface area is 525 Å². The first-order valence-electron chi connectivity index (χ1n) is 26.9. The molecule has 0 spiro atoms. The third-order valence-electron chi connectivity index (χ3n) is 13.7. The van der Waals surface area contributed by atoms with E-state index in [4.69, 9.17) is 49.5 Å². The zero-order valence-corrected chi connectivity index (χ0v) is 55.5. The number of ketones is 1. The topological polar surface area (TPSA) is 187 Å². The molecule has 8 aromatic carbocycles. The molecule has 0 bridgehead atoms. The molecule has 84 heavy (non-hydrogen) atoms. The molecule has 2 unspecified atom stereocenters. The van der Waals surface area contributed by atoms with Crippen molar-refractivity contribution in [1.82, 2.24) is 0 Å². The number of benzene rings is 8. The minimum atomic E-state index is -3.08. The smallest absolute Gasteiger partial charge is 0.344 e. The van der Waals surface area contributed by atoms with Crippen LogP contribution in [0.5, 0.6) is 23.0 Å². The number of nitrogens with two attached hydrogens (primary N) is 1. The van der Waals surface area contributed by atoms with Crippen molar-refractivity contribution in [3.8, 4) is 41.2 Å². The van der Waals surface area contributed by atoms with Gasteiger partial charge in [-0.05, 0) is 90.5 Å². The summed E-state index contributed by atoms with van der Waals surface area (Å²) in [6.45, 7) is 6.94. The first-order valence-corrected chi connectivity index (χ1v) is 28.6. The van der Waals surface area contributed by atoms with Crippen LogP contribution >= 0.6 is 7.60 Å². The Morgan fingerprint density at radius 1 is 0.512 bits per heavy atom. The molecule has 423 valence electrons. The average molecular weight is 1340 g/mol. The number of rotatable bonds is 8. The number of ether oxygens (including phenoxy) is 4. The molecule has 15 heteroatoms. The Hall–Kier alpha value is -7.58. The number of carbonyl (C=O) groups excluding carboxylic acids is 1. The van der Waals surface area contributed by atoms with Crippen LogP contribution in [0.25, 0.3) is 5.57 Å². The predicted octanol–water partition coefficient (Wildman–Crippen LogP) is 14.5. The van der Waals surface area contributed by atoms with Crippen LogP contribution in [0.1, 0.15) is 118 Å². The van der Waals surface area contributed by atoms with E-state index in [1.54, 1.807) is 32.1 Å². The maximum atomic E-state index is 12.2. The van der Waals surface area contributed by atoms with Gasteiger partial charge in [0.1, 0.15) is 72.9 Å². The number of para-hydroxylation sites is 4. The Balaban J connectivity index is 0.000000192. The van der Waals surface area contributed by atoms with E-state index >= 15 is 0 Å². The van der Waals surface area contributed by atoms with Crippen molar-refractivity contribution >= 4 is 36.3 Å². The van der Waals surface area contributed by atoms with Gasteiger partial charge in [-0.3, -0.25) is 9.36 Å². The van der Waals surface area contributed by atoms with Crippen LogP contribution in [-0.2, 0) is 67.7 Å². The molecule has 0 saturated carbocycles. The molecule has 0 fully saturated rings. The molecule has 0 aliphatic carbocycles. The molecule has 0 saturated heterocycles. The van der Waals surface area contributed by atoms with Crippen molar-refractivity contribution in [1.29, 1.82) is 15.8 Å². The molecular formula is C69H69AlHgN4O8P. The van der Waals surface area contributed by atoms with Crippen LogP contribution in [0.3, 0.4) is 0 Å². The van der Waals surface area contributed by atoms with E-state index in [0.717, 1.165) is 62.6 Å². The van der Waals surface area contributed by atoms with Gasteiger partial charge in [0.2, 0.25) is 0 Å². The Bertz CT molecular complexity index is 3460. The summed E-state index contributed by atoms with van der Waals surface area (Å²) < 4.78 is 44.2. The summed E-state index contributed by atoms with van der Waals surface area (Å²) in [7, 11) is -3.08. The van der Waals surface area contributed by atoms with E-state index in [1.807, 2.05) is 133 Å². The second-order valence-corrected chi connectivity index (χ2v) is 20.8. The van der Waals surface area contributed by atoms with Crippen LogP contribution in [0, 0.1) is 34.0 Å². The standard InChI is InChI=1S/C16H17NO.C16H13NO.C16H11NO.C14H10O2.C6H12NO3P.CH4.Al.Hg.2H/c3*17-10-9-14-13-6-2-1-5-12(13)11-18-16-8-4-3-7-15(14)16;15-14-11-6-2-1-5-10(11)9-16-13-8-4-3-7-12(13)14;1-3-9-11(8,6-5-7)10-4-2;;;;;/h1-8,14H,9-11,17H2;1-8,14H,9,11H2;1-9H,11H2;1-8H,9H2;3-4,6H2,1-2H3;1H4;;;;/b;;14-9+;;;;;;;. The van der Waals surface area contributed by atoms with Gasteiger partial charge in [0.05, 0.1) is 37.0 Å². The number of hydrogen-bond donors (Lipinski definition) is 1. The number of nitrogens with zero attached hydrogens (tertiary/aromatic N) is 3. The molecule has 0 aromatic heterocycles. The number of allylic oxidation sites excluding steroid dienone is 1. The van der Waals surface area contributed by atoms with Gasteiger partial charge < -0.3 is 33.7 Å². The molecule has 1 radical (unpaired) electrons. The summed E-state index contributed by atoms with van der Waals surface area (Å²) in [6, 6.07) is 70.0. The van der Waals surface area contributed by atoms with E-state index < -0.39 is 7.60 Å². The fourth-order valence-electron chi connectivity index (χ4n) is 10.0. The third-order valence-corrected chi connectivity index (χ3v) is 15.6. The van der Waals surface area contributed by atoms with Crippen LogP contribution in [0.15, 0.2) is 200 Å². The van der Waals surface area contributed by atoms with E-state index in [2.05, 4.69) is 66.7 Å². The Morgan fingerprint density at radius 3 is 1.39 bits per heavy atom. The second kappa shape index (κ2) is 34.3. The average Bonchev–Trinajstić information content (AvgIpc) is 4.15. The molecule has 12 rings (SSSR count). The van der Waals surface area contributed by atoms with Crippen LogP contribution in [0.2, 0.25) is 0 Å². The van der Waals surface area contributed by atoms with Crippen LogP contribution in [0.4, 0.5) is 0 Å². The van der Waals surface area contributed by atoms with Gasteiger partial charge in [0.25, 0.3) is 0 Å². The molecule has 0 amide bonds. The Morgan fingerprint density at radius 2 is 0.893 bits per heavy atom. The number of nitriles is 3. The fourth-order valence-corrected chi connectivity index (χ4v) is 11.3. The summed E-state index contributed by atoms with van der Waals surface area (Å²) in [5.74, 6) is 3.90. The third kappa shape index (κ3) is 17.0. The van der Waals surface area contributed by atoms with Crippen LogP contribution in [-0.4, -0.2) is 49.1 Å². The van der Waals surface area contributed by atoms with E-state index in [-0.39, 0.29) is 70.3 Å². The molecule has 4 aliphatic rings. The summed E-state index contributed by atoms with van der Waals surface area (Å²) >= 11 is 0. The van der Waals surface area contributed by atoms with Gasteiger partial charge >= 0.3 is 7.60 Å². The molecule has 4 heterocycles. The van der Waals surface area contributed by atoms with Crippen molar-refractivity contribution in [2.75, 3.05) is 25.9 Å². The summed E-state index contributed by atoms with van der Waals surface area (Å²) in [5.41, 5.74) is 19.6. The summed E-state index contributed by atoms with van der Waals surface area (Å²) in [6.07, 6.45) is 2.86. The van der Waals surface area contributed by atoms with Gasteiger partial charge in [-0.1, -0.05) is 171 Å². The van der Waals surface area contributed by atoms with Gasteiger partial charge in [-0.15, -0.1) is 0 Å². The molecule has 2 atom stereocenters. The van der Waals surface area contributed by atoms with Crippen LogP contribution < -0.4 is 24.7 Å². The minimum Gasteiger partial charge on any atom is -0.489 e. The fraction of sp³-hybridized carbons (Fsp3) is 0.217. The minimum absolute atomic E-state index is 0.